The van der Waals surface area contributed by atoms with Gasteiger partial charge in [-0.25, -0.2) is 0 Å². The molecule has 3 rings (SSSR count). The van der Waals surface area contributed by atoms with Gasteiger partial charge in [0.25, 0.3) is 0 Å². The molecule has 2 heterocycles. The molecule has 1 unspecified atom stereocenters. The highest BCUT2D eigenvalue weighted by Gasteiger charge is 2.23. The maximum Gasteiger partial charge on any atom is 0.193 e. The van der Waals surface area contributed by atoms with Crippen LogP contribution in [0.4, 0.5) is 0 Å². The number of morpholine rings is 1. The monoisotopic (exact) mass is 511 g/mol. The Bertz CT molecular complexity index is 768. The van der Waals surface area contributed by atoms with Crippen molar-refractivity contribution in [1.82, 2.24) is 19.7 Å². The van der Waals surface area contributed by atoms with Gasteiger partial charge in [0.2, 0.25) is 0 Å². The third-order valence-electron chi connectivity index (χ3n) is 5.43. The zero-order valence-electron chi connectivity index (χ0n) is 18.0. The van der Waals surface area contributed by atoms with Crippen LogP contribution in [0.3, 0.4) is 0 Å². The van der Waals surface area contributed by atoms with Gasteiger partial charge in [0.15, 0.2) is 5.96 Å². The van der Waals surface area contributed by atoms with E-state index < -0.39 is 0 Å². The second-order valence-electron chi connectivity index (χ2n) is 7.47. The lowest BCUT2D eigenvalue weighted by Gasteiger charge is -2.35. The van der Waals surface area contributed by atoms with Crippen molar-refractivity contribution in [2.45, 2.75) is 19.5 Å². The molecule has 1 aliphatic heterocycles. The molecule has 1 aromatic heterocycles. The summed E-state index contributed by atoms with van der Waals surface area (Å²) in [6, 6.07) is 13.4. The number of aromatic nitrogens is 1. The van der Waals surface area contributed by atoms with E-state index in [4.69, 9.17) is 4.74 Å². The van der Waals surface area contributed by atoms with E-state index in [1.807, 2.05) is 7.05 Å². The number of benzene rings is 1. The smallest absolute Gasteiger partial charge is 0.193 e. The van der Waals surface area contributed by atoms with Crippen molar-refractivity contribution in [2.75, 3.05) is 46.9 Å². The molecule has 0 spiro atoms. The number of nitrogens with one attached hydrogen (secondary N) is 1. The number of aliphatic imine (C=N–C) groups is 1. The van der Waals surface area contributed by atoms with Crippen LogP contribution in [0, 0.1) is 6.92 Å². The van der Waals surface area contributed by atoms with Crippen molar-refractivity contribution >= 4 is 29.9 Å². The zero-order chi connectivity index (χ0) is 19.9. The van der Waals surface area contributed by atoms with Gasteiger partial charge in [-0.1, -0.05) is 29.8 Å². The van der Waals surface area contributed by atoms with Crippen LogP contribution in [0.1, 0.15) is 22.9 Å². The minimum atomic E-state index is 0. The number of guanidine groups is 1. The van der Waals surface area contributed by atoms with Crippen LogP contribution in [-0.4, -0.2) is 67.3 Å². The van der Waals surface area contributed by atoms with Crippen molar-refractivity contribution < 1.29 is 4.74 Å². The highest BCUT2D eigenvalue weighted by Crippen LogP contribution is 2.22. The van der Waals surface area contributed by atoms with E-state index in [-0.39, 0.29) is 24.0 Å². The van der Waals surface area contributed by atoms with E-state index in [2.05, 4.69) is 88.3 Å². The summed E-state index contributed by atoms with van der Waals surface area (Å²) in [5.74, 6) is 0.909. The predicted octanol–water partition coefficient (Wildman–Crippen LogP) is 3.03. The van der Waals surface area contributed by atoms with E-state index in [0.29, 0.717) is 6.04 Å². The molecule has 7 heteroatoms. The summed E-state index contributed by atoms with van der Waals surface area (Å²) in [7, 11) is 6.00. The molecule has 0 saturated carbocycles. The highest BCUT2D eigenvalue weighted by molar-refractivity contribution is 14.0. The Morgan fingerprint density at radius 2 is 1.90 bits per heavy atom. The van der Waals surface area contributed by atoms with Gasteiger partial charge in [-0.15, -0.1) is 24.0 Å². The lowest BCUT2D eigenvalue weighted by atomic mass is 10.0. The van der Waals surface area contributed by atoms with Gasteiger partial charge in [-0.05, 0) is 24.6 Å². The number of aryl methyl sites for hydroxylation is 2. The quantitative estimate of drug-likeness (QED) is 0.368. The average molecular weight is 511 g/mol. The normalized spacial score (nSPS) is 16.2. The van der Waals surface area contributed by atoms with Gasteiger partial charge in [0.1, 0.15) is 0 Å². The molecule has 0 amide bonds. The largest absolute Gasteiger partial charge is 0.379 e. The number of hydrogen-bond acceptors (Lipinski definition) is 3. The maximum absolute atomic E-state index is 5.56. The third kappa shape index (κ3) is 6.45. The predicted molar refractivity (Wildman–Crippen MR) is 130 cm³/mol. The molecule has 0 radical (unpaired) electrons. The fourth-order valence-corrected chi connectivity index (χ4v) is 3.69. The van der Waals surface area contributed by atoms with Gasteiger partial charge in [-0.2, -0.15) is 0 Å². The van der Waals surface area contributed by atoms with Gasteiger partial charge in [0, 0.05) is 52.7 Å². The molecule has 1 saturated heterocycles. The van der Waals surface area contributed by atoms with Crippen molar-refractivity contribution in [3.05, 3.63) is 59.4 Å². The number of ether oxygens (including phenoxy) is 1. The molecule has 1 aliphatic rings. The Morgan fingerprint density at radius 1 is 1.21 bits per heavy atom. The molecule has 1 N–H and O–H groups in total. The molecule has 2 aromatic rings. The molecule has 160 valence electrons. The Balaban J connectivity index is 0.00000300. The molecule has 1 aromatic carbocycles. The van der Waals surface area contributed by atoms with Crippen molar-refractivity contribution in [3.8, 4) is 0 Å². The summed E-state index contributed by atoms with van der Waals surface area (Å²) in [5, 5.41) is 3.60. The Kier molecular flexibility index (Phi) is 9.45. The van der Waals surface area contributed by atoms with Crippen molar-refractivity contribution in [1.29, 1.82) is 0 Å². The van der Waals surface area contributed by atoms with Crippen molar-refractivity contribution in [2.24, 2.45) is 12.0 Å². The number of nitrogens with zero attached hydrogens (tertiary/aromatic N) is 4. The Labute approximate surface area is 192 Å². The van der Waals surface area contributed by atoms with Gasteiger partial charge >= 0.3 is 0 Å². The fraction of sp³-hybridized carbons (Fsp3) is 0.500. The first-order chi connectivity index (χ1) is 13.6. The van der Waals surface area contributed by atoms with Crippen molar-refractivity contribution in [3.63, 3.8) is 0 Å². The second-order valence-corrected chi connectivity index (χ2v) is 7.47. The average Bonchev–Trinajstić information content (AvgIpc) is 3.11. The number of rotatable bonds is 6. The first-order valence-corrected chi connectivity index (χ1v) is 9.99. The minimum Gasteiger partial charge on any atom is -0.379 e. The molecule has 1 fully saturated rings. The topological polar surface area (TPSA) is 45.0 Å². The molecule has 6 nitrogen and oxygen atoms in total. The third-order valence-corrected chi connectivity index (χ3v) is 5.43. The standard InChI is InChI=1S/C22H33N5O.HI/c1-18-7-9-19(10-8-18)21(27-12-14-28-15-13-27)16-24-22(23-2)26(4)17-20-6-5-11-25(20)3;/h5-11,21H,12-17H2,1-4H3,(H,23,24);1H. The van der Waals surface area contributed by atoms with E-state index in [0.717, 1.165) is 45.4 Å². The summed E-state index contributed by atoms with van der Waals surface area (Å²) in [6.45, 7) is 7.26. The molecular formula is C22H34IN5O. The SMILES string of the molecule is CN=C(NCC(c1ccc(C)cc1)N1CCOCC1)N(C)Cc1cccn1C.I. The summed E-state index contributed by atoms with van der Waals surface area (Å²) in [6.07, 6.45) is 2.07. The first-order valence-electron chi connectivity index (χ1n) is 9.99. The van der Waals surface area contributed by atoms with E-state index in [9.17, 15) is 0 Å². The van der Waals surface area contributed by atoms with Gasteiger partial charge < -0.3 is 19.5 Å². The van der Waals surface area contributed by atoms with E-state index in [1.54, 1.807) is 0 Å². The molecular weight excluding hydrogens is 477 g/mol. The summed E-state index contributed by atoms with van der Waals surface area (Å²) < 4.78 is 7.71. The molecule has 0 bridgehead atoms. The minimum absolute atomic E-state index is 0. The molecule has 0 aliphatic carbocycles. The zero-order valence-corrected chi connectivity index (χ0v) is 20.3. The lowest BCUT2D eigenvalue weighted by Crippen LogP contribution is -2.46. The maximum atomic E-state index is 5.56. The number of halogens is 1. The van der Waals surface area contributed by atoms with Crippen LogP contribution in [0.15, 0.2) is 47.6 Å². The molecule has 1 atom stereocenters. The summed E-state index contributed by atoms with van der Waals surface area (Å²) in [4.78, 5) is 9.18. The summed E-state index contributed by atoms with van der Waals surface area (Å²) >= 11 is 0. The van der Waals surface area contributed by atoms with E-state index >= 15 is 0 Å². The van der Waals surface area contributed by atoms with Gasteiger partial charge in [-0.3, -0.25) is 9.89 Å². The fourth-order valence-electron chi connectivity index (χ4n) is 3.69. The van der Waals surface area contributed by atoms with Crippen LogP contribution in [0.25, 0.3) is 0 Å². The van der Waals surface area contributed by atoms with Crippen LogP contribution >= 0.6 is 24.0 Å². The Hall–Kier alpha value is -1.58. The Morgan fingerprint density at radius 3 is 2.48 bits per heavy atom. The highest BCUT2D eigenvalue weighted by atomic mass is 127. The van der Waals surface area contributed by atoms with Crippen LogP contribution in [0.5, 0.6) is 0 Å². The van der Waals surface area contributed by atoms with Crippen LogP contribution in [0.2, 0.25) is 0 Å². The first kappa shape index (κ1) is 23.7. The van der Waals surface area contributed by atoms with Crippen LogP contribution < -0.4 is 5.32 Å². The second kappa shape index (κ2) is 11.6. The van der Waals surface area contributed by atoms with Crippen LogP contribution in [-0.2, 0) is 18.3 Å². The summed E-state index contributed by atoms with van der Waals surface area (Å²) in [5.41, 5.74) is 3.88. The lowest BCUT2D eigenvalue weighted by molar-refractivity contribution is 0.0169. The van der Waals surface area contributed by atoms with E-state index in [1.165, 1.54) is 16.8 Å². The van der Waals surface area contributed by atoms with Gasteiger partial charge in [0.05, 0.1) is 25.8 Å². The molecule has 29 heavy (non-hydrogen) atoms. The number of hydrogen-bond donors (Lipinski definition) is 1.